The van der Waals surface area contributed by atoms with E-state index in [4.69, 9.17) is 16.4 Å². The summed E-state index contributed by atoms with van der Waals surface area (Å²) in [5, 5.41) is 3.07. The normalized spacial score (nSPS) is 20.1. The average molecular weight is 229 g/mol. The largest absolute Gasteiger partial charge is 0.356 e. The molecule has 2 N–H and O–H groups in total. The predicted octanol–water partition coefficient (Wildman–Crippen LogP) is 0.280. The molecule has 80 valence electrons. The lowest BCUT2D eigenvalue weighted by Gasteiger charge is -2.10. The molecule has 0 bridgehead atoms. The molecule has 1 atom stereocenters. The summed E-state index contributed by atoms with van der Waals surface area (Å²) in [6, 6.07) is -0.435. The van der Waals surface area contributed by atoms with Gasteiger partial charge in [0.2, 0.25) is 5.28 Å². The zero-order valence-corrected chi connectivity index (χ0v) is 8.71. The number of aromatic nitrogens is 2. The van der Waals surface area contributed by atoms with Crippen molar-refractivity contribution in [2.75, 3.05) is 11.9 Å². The van der Waals surface area contributed by atoms with E-state index in [0.717, 1.165) is 5.56 Å². The molecule has 0 aliphatic carbocycles. The Morgan fingerprint density at radius 2 is 2.53 bits per heavy atom. The molecule has 6 nitrogen and oxygen atoms in total. The summed E-state index contributed by atoms with van der Waals surface area (Å²) in [4.78, 5) is 23.8. The van der Waals surface area contributed by atoms with Gasteiger partial charge in [-0.3, -0.25) is 9.63 Å². The molecule has 0 saturated carbocycles. The highest BCUT2D eigenvalue weighted by Crippen LogP contribution is 2.14. The number of aryl methyl sites for hydroxylation is 1. The van der Waals surface area contributed by atoms with Crippen molar-refractivity contribution in [2.24, 2.45) is 0 Å². The monoisotopic (exact) mass is 228 g/mol. The van der Waals surface area contributed by atoms with Crippen LogP contribution in [0.25, 0.3) is 0 Å². The van der Waals surface area contributed by atoms with Gasteiger partial charge in [0.25, 0.3) is 5.91 Å². The highest BCUT2D eigenvalue weighted by molar-refractivity contribution is 6.28. The lowest BCUT2D eigenvalue weighted by atomic mass is 10.3. The molecule has 0 spiro atoms. The Hall–Kier alpha value is -1.40. The first-order valence-corrected chi connectivity index (χ1v) is 4.72. The van der Waals surface area contributed by atoms with E-state index in [0.29, 0.717) is 5.82 Å². The molecule has 2 heterocycles. The lowest BCUT2D eigenvalue weighted by molar-refractivity contribution is -0.124. The lowest BCUT2D eigenvalue weighted by Crippen LogP contribution is -2.31. The van der Waals surface area contributed by atoms with Crippen molar-refractivity contribution >= 4 is 23.3 Å². The number of carbonyl (C=O) groups is 1. The van der Waals surface area contributed by atoms with Gasteiger partial charge in [0.1, 0.15) is 18.5 Å². The number of rotatable bonds is 2. The maximum absolute atomic E-state index is 11.2. The molecule has 15 heavy (non-hydrogen) atoms. The fraction of sp³-hybridized carbons (Fsp3) is 0.375. The van der Waals surface area contributed by atoms with E-state index in [2.05, 4.69) is 20.8 Å². The Balaban J connectivity index is 2.16. The second-order valence-corrected chi connectivity index (χ2v) is 3.48. The molecular formula is C8H9ClN4O2. The van der Waals surface area contributed by atoms with Gasteiger partial charge in [-0.05, 0) is 18.5 Å². The van der Waals surface area contributed by atoms with E-state index in [-0.39, 0.29) is 17.8 Å². The van der Waals surface area contributed by atoms with E-state index >= 15 is 0 Å². The van der Waals surface area contributed by atoms with Gasteiger partial charge in [0.15, 0.2) is 0 Å². The minimum atomic E-state index is -0.435. The van der Waals surface area contributed by atoms with Gasteiger partial charge in [-0.1, -0.05) is 0 Å². The number of halogens is 1. The van der Waals surface area contributed by atoms with Gasteiger partial charge in [-0.15, -0.1) is 0 Å². The van der Waals surface area contributed by atoms with E-state index in [1.54, 1.807) is 6.20 Å². The highest BCUT2D eigenvalue weighted by atomic mass is 35.5. The summed E-state index contributed by atoms with van der Waals surface area (Å²) in [6.45, 7) is 2.09. The van der Waals surface area contributed by atoms with Crippen molar-refractivity contribution < 1.29 is 9.63 Å². The molecule has 1 aliphatic heterocycles. The van der Waals surface area contributed by atoms with E-state index in [1.165, 1.54) is 0 Å². The van der Waals surface area contributed by atoms with Crippen LogP contribution in [0.1, 0.15) is 5.56 Å². The molecule has 2 rings (SSSR count). The zero-order valence-electron chi connectivity index (χ0n) is 7.95. The molecule has 1 saturated heterocycles. The first-order valence-electron chi connectivity index (χ1n) is 4.34. The van der Waals surface area contributed by atoms with Gasteiger partial charge in [-0.25, -0.2) is 15.4 Å². The predicted molar refractivity (Wildman–Crippen MR) is 53.3 cm³/mol. The standard InChI is InChI=1S/C8H9ClN4O2/c1-4-2-10-8(9)12-6(4)11-5-3-15-13-7(5)14/h2,5H,3H2,1H3,(H,13,14)(H,10,11,12). The fourth-order valence-corrected chi connectivity index (χ4v) is 1.32. The number of hydroxylamine groups is 1. The first-order chi connectivity index (χ1) is 7.16. The first kappa shape index (κ1) is 10.1. The molecule has 0 radical (unpaired) electrons. The number of hydrogen-bond acceptors (Lipinski definition) is 5. The van der Waals surface area contributed by atoms with Crippen LogP contribution in [0.2, 0.25) is 5.28 Å². The smallest absolute Gasteiger partial charge is 0.268 e. The van der Waals surface area contributed by atoms with Crippen LogP contribution in [-0.2, 0) is 9.63 Å². The van der Waals surface area contributed by atoms with E-state index < -0.39 is 6.04 Å². The molecule has 1 aromatic rings. The fourth-order valence-electron chi connectivity index (χ4n) is 1.18. The number of amides is 1. The summed E-state index contributed by atoms with van der Waals surface area (Å²) in [5.41, 5.74) is 3.06. The van der Waals surface area contributed by atoms with Crippen LogP contribution in [0.4, 0.5) is 5.82 Å². The van der Waals surface area contributed by atoms with Gasteiger partial charge >= 0.3 is 0 Å². The van der Waals surface area contributed by atoms with Gasteiger partial charge in [0, 0.05) is 11.8 Å². The van der Waals surface area contributed by atoms with Crippen LogP contribution in [-0.4, -0.2) is 28.5 Å². The third-order valence-electron chi connectivity index (χ3n) is 1.99. The minimum absolute atomic E-state index is 0.141. The Morgan fingerprint density at radius 1 is 1.73 bits per heavy atom. The maximum Gasteiger partial charge on any atom is 0.268 e. The molecule has 1 fully saturated rings. The van der Waals surface area contributed by atoms with Crippen LogP contribution < -0.4 is 10.8 Å². The third-order valence-corrected chi connectivity index (χ3v) is 2.17. The SMILES string of the molecule is Cc1cnc(Cl)nc1NC1CONC1=O. The van der Waals surface area contributed by atoms with Crippen LogP contribution >= 0.6 is 11.6 Å². The topological polar surface area (TPSA) is 76.1 Å². The summed E-state index contributed by atoms with van der Waals surface area (Å²) in [7, 11) is 0. The third kappa shape index (κ3) is 2.16. The second kappa shape index (κ2) is 4.00. The Morgan fingerprint density at radius 3 is 3.20 bits per heavy atom. The summed E-state index contributed by atoms with van der Waals surface area (Å²) < 4.78 is 0. The van der Waals surface area contributed by atoms with Crippen molar-refractivity contribution in [2.45, 2.75) is 13.0 Å². The van der Waals surface area contributed by atoms with Crippen molar-refractivity contribution in [3.8, 4) is 0 Å². The number of nitrogens with one attached hydrogen (secondary N) is 2. The number of anilines is 1. The Labute approximate surface area is 91.0 Å². The van der Waals surface area contributed by atoms with Gasteiger partial charge < -0.3 is 5.32 Å². The van der Waals surface area contributed by atoms with Crippen LogP contribution in [0.15, 0.2) is 6.20 Å². The molecular weight excluding hydrogens is 220 g/mol. The maximum atomic E-state index is 11.2. The molecule has 1 unspecified atom stereocenters. The van der Waals surface area contributed by atoms with E-state index in [9.17, 15) is 4.79 Å². The minimum Gasteiger partial charge on any atom is -0.356 e. The molecule has 1 aliphatic rings. The van der Waals surface area contributed by atoms with Crippen LogP contribution in [0.5, 0.6) is 0 Å². The van der Waals surface area contributed by atoms with E-state index in [1.807, 2.05) is 6.92 Å². The Bertz CT molecular complexity index is 398. The molecule has 7 heteroatoms. The number of hydrogen-bond donors (Lipinski definition) is 2. The van der Waals surface area contributed by atoms with Crippen molar-refractivity contribution in [1.82, 2.24) is 15.4 Å². The highest BCUT2D eigenvalue weighted by Gasteiger charge is 2.26. The summed E-state index contributed by atoms with van der Waals surface area (Å²) in [6.07, 6.45) is 1.59. The summed E-state index contributed by atoms with van der Waals surface area (Å²) >= 11 is 5.64. The van der Waals surface area contributed by atoms with Crippen molar-refractivity contribution in [3.63, 3.8) is 0 Å². The van der Waals surface area contributed by atoms with Crippen molar-refractivity contribution in [3.05, 3.63) is 17.0 Å². The average Bonchev–Trinajstić information content (AvgIpc) is 2.58. The zero-order chi connectivity index (χ0) is 10.8. The molecule has 1 aromatic heterocycles. The van der Waals surface area contributed by atoms with Crippen LogP contribution in [0.3, 0.4) is 0 Å². The number of nitrogens with zero attached hydrogens (tertiary/aromatic N) is 2. The molecule has 1 amide bonds. The Kier molecular flexibility index (Phi) is 2.70. The molecule has 0 aromatic carbocycles. The van der Waals surface area contributed by atoms with Crippen molar-refractivity contribution in [1.29, 1.82) is 0 Å². The number of carbonyl (C=O) groups excluding carboxylic acids is 1. The second-order valence-electron chi connectivity index (χ2n) is 3.14. The van der Waals surface area contributed by atoms with Gasteiger partial charge in [0.05, 0.1) is 0 Å². The van der Waals surface area contributed by atoms with Crippen LogP contribution in [0, 0.1) is 6.92 Å². The quantitative estimate of drug-likeness (QED) is 0.711. The van der Waals surface area contributed by atoms with Gasteiger partial charge in [-0.2, -0.15) is 0 Å². The summed E-state index contributed by atoms with van der Waals surface area (Å²) in [5.74, 6) is 0.324.